The van der Waals surface area contributed by atoms with Gasteiger partial charge in [-0.2, -0.15) is 0 Å². The molecule has 0 aromatic carbocycles. The Morgan fingerprint density at radius 1 is 1.42 bits per heavy atom. The van der Waals surface area contributed by atoms with E-state index < -0.39 is 23.2 Å². The molecule has 2 aliphatic rings. The zero-order chi connectivity index (χ0) is 17.3. The minimum absolute atomic E-state index is 0.255. The van der Waals surface area contributed by atoms with Crippen LogP contribution in [0.3, 0.4) is 0 Å². The molecule has 3 N–H and O–H groups in total. The van der Waals surface area contributed by atoms with Gasteiger partial charge < -0.3 is 25.0 Å². The van der Waals surface area contributed by atoms with Gasteiger partial charge in [0.25, 0.3) is 11.5 Å². The van der Waals surface area contributed by atoms with Crippen LogP contribution in [0.25, 0.3) is 0 Å². The largest absolute Gasteiger partial charge is 0.390 e. The number of hydrogen-bond donors (Lipinski definition) is 2. The lowest BCUT2D eigenvalue weighted by molar-refractivity contribution is -0.124. The Labute approximate surface area is 138 Å². The summed E-state index contributed by atoms with van der Waals surface area (Å²) in [6.45, 7) is 1.05. The number of likely N-dealkylation sites (tertiary alicyclic amines) is 1. The first kappa shape index (κ1) is 16.7. The number of carbonyl (C=O) groups is 2. The summed E-state index contributed by atoms with van der Waals surface area (Å²) in [4.78, 5) is 37.1. The van der Waals surface area contributed by atoms with Crippen LogP contribution in [0.5, 0.6) is 0 Å². The number of rotatable bonds is 3. The molecule has 1 spiro atoms. The van der Waals surface area contributed by atoms with E-state index in [-0.39, 0.29) is 12.5 Å². The molecule has 2 amide bonds. The third kappa shape index (κ3) is 3.07. The Morgan fingerprint density at radius 2 is 2.21 bits per heavy atom. The maximum atomic E-state index is 12.8. The molecule has 0 saturated carbocycles. The second kappa shape index (κ2) is 6.37. The maximum Gasteiger partial charge on any atom is 0.255 e. The molecule has 2 fully saturated rings. The molecule has 0 radical (unpaired) electrons. The Hall–Kier alpha value is -2.19. The highest BCUT2D eigenvalue weighted by atomic mass is 16.5. The lowest BCUT2D eigenvalue weighted by Gasteiger charge is -2.43. The van der Waals surface area contributed by atoms with Gasteiger partial charge >= 0.3 is 0 Å². The van der Waals surface area contributed by atoms with E-state index in [0.29, 0.717) is 31.7 Å². The zero-order valence-corrected chi connectivity index (χ0v) is 13.3. The van der Waals surface area contributed by atoms with Crippen molar-refractivity contribution in [2.45, 2.75) is 37.5 Å². The van der Waals surface area contributed by atoms with Crippen LogP contribution in [-0.4, -0.2) is 57.8 Å². The van der Waals surface area contributed by atoms with Crippen LogP contribution in [-0.2, 0) is 16.1 Å². The quantitative estimate of drug-likeness (QED) is 0.742. The smallest absolute Gasteiger partial charge is 0.255 e. The fourth-order valence-electron chi connectivity index (χ4n) is 3.46. The first-order valence-electron chi connectivity index (χ1n) is 8.01. The number of pyridine rings is 1. The number of aliphatic hydroxyl groups excluding tert-OH is 1. The van der Waals surface area contributed by atoms with E-state index in [1.54, 1.807) is 4.90 Å². The van der Waals surface area contributed by atoms with E-state index in [1.807, 2.05) is 0 Å². The van der Waals surface area contributed by atoms with Gasteiger partial charge in [-0.1, -0.05) is 0 Å². The van der Waals surface area contributed by atoms with Gasteiger partial charge in [0.2, 0.25) is 5.91 Å². The molecular formula is C16H21N3O5. The minimum Gasteiger partial charge on any atom is -0.390 e. The van der Waals surface area contributed by atoms with Gasteiger partial charge in [0, 0.05) is 25.4 Å². The van der Waals surface area contributed by atoms with Crippen LogP contribution in [0.2, 0.25) is 0 Å². The number of nitrogens with two attached hydrogens (primary N) is 1. The van der Waals surface area contributed by atoms with Crippen LogP contribution in [0, 0.1) is 0 Å². The molecule has 3 rings (SSSR count). The van der Waals surface area contributed by atoms with E-state index in [2.05, 4.69) is 0 Å². The lowest BCUT2D eigenvalue weighted by atomic mass is 9.87. The highest BCUT2D eigenvalue weighted by molar-refractivity contribution is 5.94. The molecule has 3 heterocycles. The minimum atomic E-state index is -0.685. The van der Waals surface area contributed by atoms with E-state index >= 15 is 0 Å². The van der Waals surface area contributed by atoms with Crippen molar-refractivity contribution < 1.29 is 19.4 Å². The number of amides is 2. The molecule has 24 heavy (non-hydrogen) atoms. The van der Waals surface area contributed by atoms with Crippen LogP contribution >= 0.6 is 0 Å². The van der Waals surface area contributed by atoms with E-state index in [4.69, 9.17) is 10.5 Å². The molecule has 8 nitrogen and oxygen atoms in total. The third-order valence-electron chi connectivity index (χ3n) is 4.72. The second-order valence-corrected chi connectivity index (χ2v) is 6.40. The SMILES string of the molecule is NC(=O)Cn1cc(C(=O)N2CC[C@H](O)[C@]3(CCCO3)C2)ccc1=O. The standard InChI is InChI=1S/C16H21N3O5/c17-13(21)9-19-8-11(2-3-14(19)22)15(23)18-6-4-12(20)16(10-18)5-1-7-24-16/h2-3,8,12,20H,1,4-7,9-10H2,(H2,17,21)/t12-,16-/m0/s1. The predicted octanol–water partition coefficient (Wildman–Crippen LogP) is -0.910. The van der Waals surface area contributed by atoms with E-state index in [1.165, 1.54) is 18.3 Å². The average molecular weight is 335 g/mol. The van der Waals surface area contributed by atoms with Crippen LogP contribution in [0.15, 0.2) is 23.1 Å². The maximum absolute atomic E-state index is 12.8. The van der Waals surface area contributed by atoms with Crippen LogP contribution < -0.4 is 11.3 Å². The van der Waals surface area contributed by atoms with Crippen molar-refractivity contribution in [2.24, 2.45) is 5.73 Å². The van der Waals surface area contributed by atoms with Gasteiger partial charge in [0.05, 0.1) is 18.2 Å². The highest BCUT2D eigenvalue weighted by Gasteiger charge is 2.47. The summed E-state index contributed by atoms with van der Waals surface area (Å²) >= 11 is 0. The molecule has 0 bridgehead atoms. The summed E-state index contributed by atoms with van der Waals surface area (Å²) in [6, 6.07) is 2.69. The number of ether oxygens (including phenoxy) is 1. The topological polar surface area (TPSA) is 115 Å². The number of hydrogen-bond acceptors (Lipinski definition) is 5. The molecule has 2 saturated heterocycles. The molecule has 1 aromatic rings. The van der Waals surface area contributed by atoms with Crippen molar-refractivity contribution >= 4 is 11.8 Å². The third-order valence-corrected chi connectivity index (χ3v) is 4.72. The van der Waals surface area contributed by atoms with E-state index in [9.17, 15) is 19.5 Å². The van der Waals surface area contributed by atoms with Gasteiger partial charge in [-0.15, -0.1) is 0 Å². The van der Waals surface area contributed by atoms with Gasteiger partial charge in [-0.05, 0) is 25.3 Å². The average Bonchev–Trinajstić information content (AvgIpc) is 3.00. The number of aliphatic hydroxyl groups is 1. The molecule has 0 unspecified atom stereocenters. The fraction of sp³-hybridized carbons (Fsp3) is 0.562. The zero-order valence-electron chi connectivity index (χ0n) is 13.3. The first-order valence-corrected chi connectivity index (χ1v) is 8.01. The van der Waals surface area contributed by atoms with Crippen molar-refractivity contribution in [1.82, 2.24) is 9.47 Å². The molecule has 2 aliphatic heterocycles. The summed E-state index contributed by atoms with van der Waals surface area (Å²) in [5, 5.41) is 10.2. The van der Waals surface area contributed by atoms with Gasteiger partial charge in [0.15, 0.2) is 0 Å². The summed E-state index contributed by atoms with van der Waals surface area (Å²) in [5.41, 5.74) is 4.35. The second-order valence-electron chi connectivity index (χ2n) is 6.40. The number of carbonyl (C=O) groups excluding carboxylic acids is 2. The Kier molecular flexibility index (Phi) is 4.42. The first-order chi connectivity index (χ1) is 11.4. The van der Waals surface area contributed by atoms with Gasteiger partial charge in [0.1, 0.15) is 12.1 Å². The monoisotopic (exact) mass is 335 g/mol. The van der Waals surface area contributed by atoms with Crippen molar-refractivity contribution in [2.75, 3.05) is 19.7 Å². The number of primary amides is 1. The van der Waals surface area contributed by atoms with Crippen molar-refractivity contribution in [3.05, 3.63) is 34.2 Å². The Morgan fingerprint density at radius 3 is 2.88 bits per heavy atom. The summed E-state index contributed by atoms with van der Waals surface area (Å²) in [7, 11) is 0. The Balaban J connectivity index is 1.81. The molecule has 2 atom stereocenters. The van der Waals surface area contributed by atoms with E-state index in [0.717, 1.165) is 17.4 Å². The predicted molar refractivity (Wildman–Crippen MR) is 84.3 cm³/mol. The van der Waals surface area contributed by atoms with Crippen LogP contribution in [0.4, 0.5) is 0 Å². The summed E-state index contributed by atoms with van der Waals surface area (Å²) in [6.07, 6.45) is 2.81. The fourth-order valence-corrected chi connectivity index (χ4v) is 3.46. The van der Waals surface area contributed by atoms with Crippen molar-refractivity contribution in [3.63, 3.8) is 0 Å². The van der Waals surface area contributed by atoms with Gasteiger partial charge in [-0.25, -0.2) is 0 Å². The molecular weight excluding hydrogens is 314 g/mol. The molecule has 0 aliphatic carbocycles. The summed E-state index contributed by atoms with van der Waals surface area (Å²) in [5.74, 6) is -0.906. The van der Waals surface area contributed by atoms with Crippen molar-refractivity contribution in [1.29, 1.82) is 0 Å². The Bertz CT molecular complexity index is 708. The molecule has 8 heteroatoms. The number of piperidine rings is 1. The highest BCUT2D eigenvalue weighted by Crippen LogP contribution is 2.35. The molecule has 130 valence electrons. The number of aromatic nitrogens is 1. The van der Waals surface area contributed by atoms with Gasteiger partial charge in [-0.3, -0.25) is 14.4 Å². The lowest BCUT2D eigenvalue weighted by Crippen LogP contribution is -2.57. The number of nitrogens with zero attached hydrogens (tertiary/aromatic N) is 2. The molecule has 1 aromatic heterocycles. The summed E-state index contributed by atoms with van der Waals surface area (Å²) < 4.78 is 6.87. The van der Waals surface area contributed by atoms with Crippen molar-refractivity contribution in [3.8, 4) is 0 Å². The normalized spacial score (nSPS) is 26.7. The van der Waals surface area contributed by atoms with Crippen LogP contribution in [0.1, 0.15) is 29.6 Å².